The van der Waals surface area contributed by atoms with E-state index >= 15 is 0 Å². The molecule has 1 aromatic heterocycles. The number of hydrogen-bond acceptors (Lipinski definition) is 3. The van der Waals surface area contributed by atoms with E-state index in [-0.39, 0.29) is 12.5 Å². The molecule has 1 aromatic rings. The van der Waals surface area contributed by atoms with Crippen LogP contribution in [-0.4, -0.2) is 35.9 Å². The number of amides is 1. The quantitative estimate of drug-likeness (QED) is 0.825. The van der Waals surface area contributed by atoms with E-state index in [1.165, 1.54) is 6.42 Å². The summed E-state index contributed by atoms with van der Waals surface area (Å²) in [6.07, 6.45) is 2.83. The van der Waals surface area contributed by atoms with Crippen molar-refractivity contribution < 1.29 is 4.79 Å². The first kappa shape index (κ1) is 13.6. The minimum absolute atomic E-state index is 0.0685. The summed E-state index contributed by atoms with van der Waals surface area (Å²) in [6.45, 7) is 3.28. The predicted octanol–water partition coefficient (Wildman–Crippen LogP) is 1.12. The molecule has 2 N–H and O–H groups in total. The Morgan fingerprint density at radius 3 is 3.00 bits per heavy atom. The summed E-state index contributed by atoms with van der Waals surface area (Å²) in [6, 6.07) is 3.58. The van der Waals surface area contributed by atoms with Crippen molar-refractivity contribution in [3.05, 3.63) is 29.6 Å². The van der Waals surface area contributed by atoms with Crippen LogP contribution < -0.4 is 5.73 Å². The van der Waals surface area contributed by atoms with Crippen LogP contribution in [0.4, 0.5) is 0 Å². The molecule has 19 heavy (non-hydrogen) atoms. The van der Waals surface area contributed by atoms with Crippen LogP contribution >= 0.6 is 0 Å². The van der Waals surface area contributed by atoms with E-state index in [4.69, 9.17) is 5.73 Å². The standard InChI is InChI=1S/C15H19N3O/c1-11-9-13(11)10-18(2)15(19)14-12(5-3-7-16)6-4-8-17-14/h4,6,8,11,13H,7,9-10,16H2,1-2H3. The average Bonchev–Trinajstić information content (AvgIpc) is 3.11. The molecule has 1 aliphatic carbocycles. The lowest BCUT2D eigenvalue weighted by Gasteiger charge is -2.17. The molecule has 100 valence electrons. The van der Waals surface area contributed by atoms with Gasteiger partial charge in [0, 0.05) is 19.8 Å². The largest absolute Gasteiger partial charge is 0.340 e. The molecule has 1 aliphatic rings. The van der Waals surface area contributed by atoms with Gasteiger partial charge in [-0.25, -0.2) is 4.98 Å². The minimum atomic E-state index is -0.0685. The maximum absolute atomic E-state index is 12.4. The van der Waals surface area contributed by atoms with Crippen molar-refractivity contribution in [3.8, 4) is 11.8 Å². The topological polar surface area (TPSA) is 59.2 Å². The Labute approximate surface area is 114 Å². The summed E-state index contributed by atoms with van der Waals surface area (Å²) >= 11 is 0. The fraction of sp³-hybridized carbons (Fsp3) is 0.467. The smallest absolute Gasteiger partial charge is 0.273 e. The number of pyridine rings is 1. The summed E-state index contributed by atoms with van der Waals surface area (Å²) in [5.41, 5.74) is 6.43. The predicted molar refractivity (Wildman–Crippen MR) is 74.4 cm³/mol. The molecule has 2 atom stereocenters. The third kappa shape index (κ3) is 3.33. The van der Waals surface area contributed by atoms with Crippen molar-refractivity contribution in [3.63, 3.8) is 0 Å². The van der Waals surface area contributed by atoms with Gasteiger partial charge in [-0.1, -0.05) is 18.8 Å². The first-order chi connectivity index (χ1) is 9.13. The Balaban J connectivity index is 2.13. The van der Waals surface area contributed by atoms with Crippen LogP contribution in [0.3, 0.4) is 0 Å². The number of hydrogen-bond donors (Lipinski definition) is 1. The van der Waals surface area contributed by atoms with Crippen molar-refractivity contribution in [2.24, 2.45) is 17.6 Å². The Kier molecular flexibility index (Phi) is 4.18. The zero-order chi connectivity index (χ0) is 13.8. The van der Waals surface area contributed by atoms with Gasteiger partial charge in [-0.15, -0.1) is 0 Å². The van der Waals surface area contributed by atoms with Gasteiger partial charge in [0.15, 0.2) is 0 Å². The molecule has 1 fully saturated rings. The van der Waals surface area contributed by atoms with Crippen molar-refractivity contribution in [1.29, 1.82) is 0 Å². The van der Waals surface area contributed by atoms with Gasteiger partial charge in [0.1, 0.15) is 5.69 Å². The highest BCUT2D eigenvalue weighted by Crippen LogP contribution is 2.38. The van der Waals surface area contributed by atoms with Gasteiger partial charge in [0.2, 0.25) is 0 Å². The van der Waals surface area contributed by atoms with Crippen LogP contribution in [0.25, 0.3) is 0 Å². The van der Waals surface area contributed by atoms with Crippen molar-refractivity contribution >= 4 is 5.91 Å². The normalized spacial score (nSPS) is 20.4. The first-order valence-electron chi connectivity index (χ1n) is 6.53. The average molecular weight is 257 g/mol. The molecule has 4 heteroatoms. The van der Waals surface area contributed by atoms with Gasteiger partial charge in [0.05, 0.1) is 12.1 Å². The molecule has 0 aromatic carbocycles. The fourth-order valence-corrected chi connectivity index (χ4v) is 2.09. The second kappa shape index (κ2) is 5.85. The SMILES string of the molecule is CC1CC1CN(C)C(=O)c1ncccc1C#CCN. The molecule has 2 unspecified atom stereocenters. The lowest BCUT2D eigenvalue weighted by atomic mass is 10.1. The molecule has 0 radical (unpaired) electrons. The minimum Gasteiger partial charge on any atom is -0.340 e. The van der Waals surface area contributed by atoms with E-state index in [2.05, 4.69) is 23.7 Å². The Morgan fingerprint density at radius 2 is 2.37 bits per heavy atom. The molecular formula is C15H19N3O. The Hall–Kier alpha value is -1.86. The zero-order valence-corrected chi connectivity index (χ0v) is 11.4. The molecule has 0 saturated heterocycles. The van der Waals surface area contributed by atoms with Gasteiger partial charge in [-0.2, -0.15) is 0 Å². The highest BCUT2D eigenvalue weighted by molar-refractivity contribution is 5.94. The number of nitrogens with two attached hydrogens (primary N) is 1. The molecule has 1 saturated carbocycles. The Morgan fingerprint density at radius 1 is 1.63 bits per heavy atom. The van der Waals surface area contributed by atoms with Crippen LogP contribution in [0, 0.1) is 23.7 Å². The van der Waals surface area contributed by atoms with E-state index in [9.17, 15) is 4.79 Å². The lowest BCUT2D eigenvalue weighted by molar-refractivity contribution is 0.0781. The molecule has 0 aliphatic heterocycles. The maximum Gasteiger partial charge on any atom is 0.273 e. The molecule has 0 spiro atoms. The van der Waals surface area contributed by atoms with Gasteiger partial charge in [-0.3, -0.25) is 4.79 Å². The van der Waals surface area contributed by atoms with Gasteiger partial charge < -0.3 is 10.6 Å². The molecule has 1 heterocycles. The summed E-state index contributed by atoms with van der Waals surface area (Å²) in [5.74, 6) is 6.97. The maximum atomic E-state index is 12.4. The second-order valence-electron chi connectivity index (χ2n) is 5.06. The monoisotopic (exact) mass is 257 g/mol. The number of rotatable bonds is 3. The van der Waals surface area contributed by atoms with Crippen LogP contribution in [0.2, 0.25) is 0 Å². The van der Waals surface area contributed by atoms with E-state index in [1.54, 1.807) is 23.2 Å². The molecule has 4 nitrogen and oxygen atoms in total. The highest BCUT2D eigenvalue weighted by Gasteiger charge is 2.34. The van der Waals surface area contributed by atoms with E-state index in [0.29, 0.717) is 17.2 Å². The van der Waals surface area contributed by atoms with Gasteiger partial charge in [0.25, 0.3) is 5.91 Å². The van der Waals surface area contributed by atoms with Crippen LogP contribution in [0.5, 0.6) is 0 Å². The highest BCUT2D eigenvalue weighted by atomic mass is 16.2. The summed E-state index contributed by atoms with van der Waals surface area (Å²) in [5, 5.41) is 0. The van der Waals surface area contributed by atoms with E-state index in [1.807, 2.05) is 7.05 Å². The molecular weight excluding hydrogens is 238 g/mol. The van der Waals surface area contributed by atoms with Crippen molar-refractivity contribution in [2.45, 2.75) is 13.3 Å². The molecule has 0 bridgehead atoms. The van der Waals surface area contributed by atoms with Gasteiger partial charge >= 0.3 is 0 Å². The number of carbonyl (C=O) groups excluding carboxylic acids is 1. The third-order valence-electron chi connectivity index (χ3n) is 3.47. The number of nitrogens with zero attached hydrogens (tertiary/aromatic N) is 2. The molecule has 2 rings (SSSR count). The van der Waals surface area contributed by atoms with Crippen LogP contribution in [-0.2, 0) is 0 Å². The number of aromatic nitrogens is 1. The van der Waals surface area contributed by atoms with Crippen LogP contribution in [0.15, 0.2) is 18.3 Å². The number of carbonyl (C=O) groups is 1. The van der Waals surface area contributed by atoms with E-state index in [0.717, 1.165) is 12.5 Å². The van der Waals surface area contributed by atoms with Crippen molar-refractivity contribution in [1.82, 2.24) is 9.88 Å². The summed E-state index contributed by atoms with van der Waals surface area (Å²) in [7, 11) is 1.82. The van der Waals surface area contributed by atoms with Gasteiger partial charge in [-0.05, 0) is 30.4 Å². The first-order valence-corrected chi connectivity index (χ1v) is 6.53. The summed E-state index contributed by atoms with van der Waals surface area (Å²) in [4.78, 5) is 18.3. The second-order valence-corrected chi connectivity index (χ2v) is 5.06. The fourth-order valence-electron chi connectivity index (χ4n) is 2.09. The van der Waals surface area contributed by atoms with Crippen LogP contribution in [0.1, 0.15) is 29.4 Å². The molecule has 1 amide bonds. The Bertz CT molecular complexity index is 530. The third-order valence-corrected chi connectivity index (χ3v) is 3.47. The summed E-state index contributed by atoms with van der Waals surface area (Å²) < 4.78 is 0. The van der Waals surface area contributed by atoms with E-state index < -0.39 is 0 Å². The lowest BCUT2D eigenvalue weighted by Crippen LogP contribution is -2.30. The van der Waals surface area contributed by atoms with Crippen molar-refractivity contribution in [2.75, 3.05) is 20.1 Å². The zero-order valence-electron chi connectivity index (χ0n) is 11.4.